The quantitative estimate of drug-likeness (QED) is 0.0404. The lowest BCUT2D eigenvalue weighted by Gasteiger charge is -2.19. The molecule has 5 aromatic rings. The van der Waals surface area contributed by atoms with E-state index in [-0.39, 0.29) is 57.0 Å². The van der Waals surface area contributed by atoms with E-state index in [0.29, 0.717) is 54.2 Å². The van der Waals surface area contributed by atoms with Gasteiger partial charge in [-0.2, -0.15) is 0 Å². The molecule has 0 aliphatic carbocycles. The largest absolute Gasteiger partial charge is 0.460 e. The molecule has 6 N–H and O–H groups in total. The van der Waals surface area contributed by atoms with E-state index < -0.39 is 64.5 Å². The van der Waals surface area contributed by atoms with E-state index >= 15 is 0 Å². The number of rotatable bonds is 14. The summed E-state index contributed by atoms with van der Waals surface area (Å²) in [6.45, 7) is 16.2. The summed E-state index contributed by atoms with van der Waals surface area (Å²) >= 11 is 0. The summed E-state index contributed by atoms with van der Waals surface area (Å²) in [5.74, 6) is 16.0. The van der Waals surface area contributed by atoms with E-state index in [9.17, 15) is 48.4 Å². The Morgan fingerprint density at radius 3 is 1.07 bits per heavy atom. The first-order valence-electron chi connectivity index (χ1n) is 24.4. The fourth-order valence-corrected chi connectivity index (χ4v) is 7.61. The standard InChI is InChI=1S/2C22H24FNO5S.C14H17NO4S/c2*1-22(2,3)29-21(25)8-6-4-5-7-16-15-18(11-14-20(16)23)28-17-9-12-19(13-10-17)30(24,26)27;1-14(2,3)19-13(16)6-4-5-11-7-9-12(10-8-11)20(15,17)18/h2*9-15H,4,6,8H2,1-3H3,(H2,24,26,27);7-10H,6H2,1-3H3,(H2,15,17,18). The average Bonchev–Trinajstić information content (AvgIpc) is 3.31. The third-order valence-electron chi connectivity index (χ3n) is 9.37. The highest BCUT2D eigenvalue weighted by molar-refractivity contribution is 7.89. The zero-order valence-electron chi connectivity index (χ0n) is 45.8. The first-order valence-corrected chi connectivity index (χ1v) is 29.1. The van der Waals surface area contributed by atoms with Gasteiger partial charge in [0.15, 0.2) is 0 Å². The number of carbonyl (C=O) groups excluding carboxylic acids is 3. The van der Waals surface area contributed by atoms with E-state index in [0.717, 1.165) is 0 Å². The second-order valence-corrected chi connectivity index (χ2v) is 24.8. The van der Waals surface area contributed by atoms with Crippen molar-refractivity contribution in [1.29, 1.82) is 0 Å². The number of nitrogens with two attached hydrogens (primary N) is 3. The van der Waals surface area contributed by atoms with Crippen LogP contribution in [0.2, 0.25) is 0 Å². The van der Waals surface area contributed by atoms with Crippen LogP contribution in [0.1, 0.15) is 124 Å². The third-order valence-corrected chi connectivity index (χ3v) is 12.2. The van der Waals surface area contributed by atoms with Crippen LogP contribution >= 0.6 is 0 Å². The van der Waals surface area contributed by atoms with Gasteiger partial charge in [-0.3, -0.25) is 14.4 Å². The second kappa shape index (κ2) is 29.6. The van der Waals surface area contributed by atoms with Gasteiger partial charge in [-0.05, 0) is 184 Å². The number of unbranched alkanes of at least 4 members (excludes halogenated alkanes) is 2. The van der Waals surface area contributed by atoms with Gasteiger partial charge in [0.1, 0.15) is 57.9 Å². The Labute approximate surface area is 468 Å². The van der Waals surface area contributed by atoms with Crippen molar-refractivity contribution in [2.24, 2.45) is 15.4 Å². The minimum absolute atomic E-state index is 0.0196. The molecule has 428 valence electrons. The molecule has 5 aromatic carbocycles. The first-order chi connectivity index (χ1) is 37.0. The minimum Gasteiger partial charge on any atom is -0.460 e. The maximum atomic E-state index is 14.0. The number of sulfonamides is 3. The molecule has 17 nitrogen and oxygen atoms in total. The summed E-state index contributed by atoms with van der Waals surface area (Å²) in [5, 5.41) is 15.1. The maximum absolute atomic E-state index is 14.0. The first kappa shape index (κ1) is 66.7. The highest BCUT2D eigenvalue weighted by Crippen LogP contribution is 2.26. The van der Waals surface area contributed by atoms with Crippen LogP contribution in [0.3, 0.4) is 0 Å². The number of primary sulfonamides is 3. The van der Waals surface area contributed by atoms with Crippen molar-refractivity contribution < 1.29 is 72.1 Å². The number of benzene rings is 5. The molecular formula is C58H65F2N3O14S3. The number of hydrogen-bond acceptors (Lipinski definition) is 14. The van der Waals surface area contributed by atoms with Crippen LogP contribution in [0.15, 0.2) is 124 Å². The van der Waals surface area contributed by atoms with Gasteiger partial charge in [0, 0.05) is 31.2 Å². The lowest BCUT2D eigenvalue weighted by Crippen LogP contribution is -2.23. The fourth-order valence-electron chi connectivity index (χ4n) is 6.06. The summed E-state index contributed by atoms with van der Waals surface area (Å²) in [4.78, 5) is 34.7. The third kappa shape index (κ3) is 27.3. The van der Waals surface area contributed by atoms with Gasteiger partial charge in [-0.15, -0.1) is 0 Å². The molecule has 22 heteroatoms. The maximum Gasteiger partial charge on any atom is 0.318 e. The Morgan fingerprint density at radius 1 is 0.438 bits per heavy atom. The molecular weight excluding hydrogens is 1100 g/mol. The zero-order valence-corrected chi connectivity index (χ0v) is 48.2. The van der Waals surface area contributed by atoms with E-state index in [4.69, 9.17) is 39.1 Å². The molecule has 0 fully saturated rings. The smallest absolute Gasteiger partial charge is 0.318 e. The topological polar surface area (TPSA) is 278 Å². The van der Waals surface area contributed by atoms with E-state index in [1.54, 1.807) is 62.3 Å². The summed E-state index contributed by atoms with van der Waals surface area (Å²) < 4.78 is 122. The molecule has 0 unspecified atom stereocenters. The van der Waals surface area contributed by atoms with Gasteiger partial charge in [-0.25, -0.2) is 49.5 Å². The SMILES string of the molecule is CC(C)(C)OC(=O)CC#Cc1ccc(S(N)(=O)=O)cc1.CC(C)(C)OC(=O)CCCC#Cc1cc(Oc2ccc(S(N)(=O)=O)cc2)ccc1F.CC(C)(C)OC(=O)CCCC#Cc1cc(Oc2ccc(S(N)(=O)=O)cc2)ccc1F. The number of carbonyl (C=O) groups is 3. The van der Waals surface area contributed by atoms with Gasteiger partial charge in [0.2, 0.25) is 30.1 Å². The summed E-state index contributed by atoms with van der Waals surface area (Å²) in [6.07, 6.45) is 2.32. The zero-order chi connectivity index (χ0) is 60.1. The predicted octanol–water partition coefficient (Wildman–Crippen LogP) is 9.68. The molecule has 5 rings (SSSR count). The molecule has 0 saturated carbocycles. The molecule has 0 amide bonds. The summed E-state index contributed by atoms with van der Waals surface area (Å²) in [5.41, 5.74) is -0.662. The van der Waals surface area contributed by atoms with Crippen LogP contribution in [0, 0.1) is 47.2 Å². The van der Waals surface area contributed by atoms with Crippen molar-refractivity contribution in [2.45, 2.75) is 139 Å². The second-order valence-electron chi connectivity index (χ2n) is 20.1. The van der Waals surface area contributed by atoms with Gasteiger partial charge in [0.05, 0.1) is 25.8 Å². The van der Waals surface area contributed by atoms with Gasteiger partial charge in [-0.1, -0.05) is 35.5 Å². The Morgan fingerprint density at radius 2 is 0.750 bits per heavy atom. The molecule has 0 saturated heterocycles. The number of hydrogen-bond donors (Lipinski definition) is 3. The fraction of sp³-hybridized carbons (Fsp3) is 0.328. The van der Waals surface area contributed by atoms with Crippen molar-refractivity contribution in [3.63, 3.8) is 0 Å². The van der Waals surface area contributed by atoms with Crippen LogP contribution in [0.4, 0.5) is 8.78 Å². The highest BCUT2D eigenvalue weighted by atomic mass is 32.2. The predicted molar refractivity (Wildman–Crippen MR) is 297 cm³/mol. The molecule has 0 heterocycles. The average molecular weight is 1160 g/mol. The number of halogens is 2. The number of esters is 3. The van der Waals surface area contributed by atoms with Crippen LogP contribution in [0.25, 0.3) is 0 Å². The lowest BCUT2D eigenvalue weighted by molar-refractivity contribution is -0.156. The van der Waals surface area contributed by atoms with Gasteiger partial charge in [0.25, 0.3) is 0 Å². The van der Waals surface area contributed by atoms with Crippen molar-refractivity contribution in [1.82, 2.24) is 0 Å². The highest BCUT2D eigenvalue weighted by Gasteiger charge is 2.18. The van der Waals surface area contributed by atoms with E-state index in [1.165, 1.54) is 109 Å². The molecule has 0 aromatic heterocycles. The van der Waals surface area contributed by atoms with E-state index in [2.05, 4.69) is 35.5 Å². The molecule has 0 spiro atoms. The van der Waals surface area contributed by atoms with Crippen LogP contribution in [-0.4, -0.2) is 60.0 Å². The normalized spacial score (nSPS) is 11.4. The van der Waals surface area contributed by atoms with Gasteiger partial charge >= 0.3 is 17.9 Å². The van der Waals surface area contributed by atoms with Gasteiger partial charge < -0.3 is 23.7 Å². The molecule has 0 aliphatic rings. The van der Waals surface area contributed by atoms with E-state index in [1.807, 2.05) is 0 Å². The molecule has 0 radical (unpaired) electrons. The van der Waals surface area contributed by atoms with Crippen molar-refractivity contribution >= 4 is 48.0 Å². The molecule has 80 heavy (non-hydrogen) atoms. The molecule has 0 bridgehead atoms. The lowest BCUT2D eigenvalue weighted by atomic mass is 10.1. The Kier molecular flexibility index (Phi) is 24.6. The van der Waals surface area contributed by atoms with Crippen LogP contribution < -0.4 is 24.9 Å². The van der Waals surface area contributed by atoms with Crippen LogP contribution in [0.5, 0.6) is 23.0 Å². The van der Waals surface area contributed by atoms with Crippen molar-refractivity contribution in [3.05, 3.63) is 138 Å². The summed E-state index contributed by atoms with van der Waals surface area (Å²) in [6, 6.07) is 25.1. The monoisotopic (exact) mass is 1160 g/mol. The summed E-state index contributed by atoms with van der Waals surface area (Å²) in [7, 11) is -11.3. The minimum atomic E-state index is -3.79. The Bertz CT molecular complexity index is 3330. The van der Waals surface area contributed by atoms with Crippen molar-refractivity contribution in [3.8, 4) is 58.5 Å². The van der Waals surface area contributed by atoms with Crippen molar-refractivity contribution in [2.75, 3.05) is 0 Å². The Balaban J connectivity index is 0.000000323. The van der Waals surface area contributed by atoms with Crippen LogP contribution in [-0.2, 0) is 58.7 Å². The Hall–Kier alpha value is -7.62. The number of ether oxygens (including phenoxy) is 5. The molecule has 0 aliphatic heterocycles. The molecule has 0 atom stereocenters.